The van der Waals surface area contributed by atoms with Crippen molar-refractivity contribution in [2.45, 2.75) is 18.4 Å². The molecule has 0 spiro atoms. The second-order valence-electron chi connectivity index (χ2n) is 5.94. The van der Waals surface area contributed by atoms with Crippen molar-refractivity contribution < 1.29 is 9.90 Å². The first kappa shape index (κ1) is 14.0. The van der Waals surface area contributed by atoms with Crippen LogP contribution in [0.25, 0.3) is 10.9 Å². The molecule has 0 aliphatic carbocycles. The normalized spacial score (nSPS) is 21.3. The highest BCUT2D eigenvalue weighted by molar-refractivity contribution is 5.88. The lowest BCUT2D eigenvalue weighted by Gasteiger charge is -2.26. The van der Waals surface area contributed by atoms with Crippen molar-refractivity contribution in [3.8, 4) is 0 Å². The van der Waals surface area contributed by atoms with Gasteiger partial charge >= 0.3 is 0 Å². The summed E-state index contributed by atoms with van der Waals surface area (Å²) in [5.74, 6) is -0.706. The molecule has 0 saturated heterocycles. The van der Waals surface area contributed by atoms with Crippen LogP contribution in [0, 0.1) is 0 Å². The number of para-hydroxylation sites is 1. The highest BCUT2D eigenvalue weighted by Gasteiger charge is 2.33. The molecule has 4 nitrogen and oxygen atoms in total. The van der Waals surface area contributed by atoms with E-state index in [1.165, 1.54) is 5.56 Å². The number of fused-ring (bicyclic) bond motifs is 3. The van der Waals surface area contributed by atoms with Crippen molar-refractivity contribution in [2.24, 2.45) is 0 Å². The Morgan fingerprint density at radius 3 is 2.57 bits per heavy atom. The second kappa shape index (κ2) is 5.56. The third kappa shape index (κ3) is 2.32. The smallest absolute Gasteiger partial charge is 0.249 e. The first-order valence-electron chi connectivity index (χ1n) is 7.86. The van der Waals surface area contributed by atoms with Crippen LogP contribution >= 0.6 is 0 Å². The Morgan fingerprint density at radius 2 is 1.74 bits per heavy atom. The highest BCUT2D eigenvalue weighted by Crippen LogP contribution is 2.35. The van der Waals surface area contributed by atoms with Gasteiger partial charge in [0.05, 0.1) is 5.92 Å². The second-order valence-corrected chi connectivity index (χ2v) is 5.94. The first-order valence-corrected chi connectivity index (χ1v) is 7.86. The Kier molecular flexibility index (Phi) is 3.39. The van der Waals surface area contributed by atoms with Crippen LogP contribution in [-0.4, -0.2) is 28.6 Å². The Bertz CT molecular complexity index is 854. The van der Waals surface area contributed by atoms with Crippen LogP contribution in [0.15, 0.2) is 54.6 Å². The fourth-order valence-electron chi connectivity index (χ4n) is 3.49. The minimum absolute atomic E-state index is 0.317. The average molecular weight is 306 g/mol. The molecule has 1 aliphatic rings. The molecule has 4 heteroatoms. The predicted octanol–water partition coefficient (Wildman–Crippen LogP) is 2.33. The molecule has 3 N–H and O–H groups in total. The van der Waals surface area contributed by atoms with Gasteiger partial charge in [-0.15, -0.1) is 0 Å². The number of aromatic nitrogens is 1. The van der Waals surface area contributed by atoms with Gasteiger partial charge in [-0.25, -0.2) is 0 Å². The summed E-state index contributed by atoms with van der Waals surface area (Å²) < 4.78 is 0. The van der Waals surface area contributed by atoms with E-state index in [4.69, 9.17) is 0 Å². The first-order chi connectivity index (χ1) is 11.3. The summed E-state index contributed by atoms with van der Waals surface area (Å²) in [6, 6.07) is 17.8. The van der Waals surface area contributed by atoms with Crippen molar-refractivity contribution >= 4 is 16.8 Å². The summed E-state index contributed by atoms with van der Waals surface area (Å²) in [7, 11) is 0. The molecule has 0 fully saturated rings. The number of rotatable bonds is 1. The van der Waals surface area contributed by atoms with Crippen molar-refractivity contribution in [2.75, 3.05) is 6.54 Å². The maximum absolute atomic E-state index is 12.2. The van der Waals surface area contributed by atoms with Crippen LogP contribution < -0.4 is 5.32 Å². The van der Waals surface area contributed by atoms with Crippen molar-refractivity contribution in [3.05, 3.63) is 71.4 Å². The fourth-order valence-corrected chi connectivity index (χ4v) is 3.49. The van der Waals surface area contributed by atoms with E-state index in [1.807, 2.05) is 48.5 Å². The number of nitrogens with one attached hydrogen (secondary N) is 2. The molecule has 0 unspecified atom stereocenters. The largest absolute Gasteiger partial charge is 0.382 e. The maximum Gasteiger partial charge on any atom is 0.249 e. The van der Waals surface area contributed by atoms with E-state index >= 15 is 0 Å². The molecule has 1 amide bonds. The van der Waals surface area contributed by atoms with Crippen molar-refractivity contribution in [3.63, 3.8) is 0 Å². The minimum atomic E-state index is -1.11. The molecular formula is C19H18N2O2. The highest BCUT2D eigenvalue weighted by atomic mass is 16.3. The van der Waals surface area contributed by atoms with E-state index in [1.54, 1.807) is 0 Å². The van der Waals surface area contributed by atoms with Crippen LogP contribution in [0.5, 0.6) is 0 Å². The Hall–Kier alpha value is -2.59. The summed E-state index contributed by atoms with van der Waals surface area (Å²) in [6.07, 6.45) is -0.356. The van der Waals surface area contributed by atoms with E-state index in [0.717, 1.165) is 28.6 Å². The van der Waals surface area contributed by atoms with E-state index in [0.29, 0.717) is 6.54 Å². The number of benzene rings is 2. The summed E-state index contributed by atoms with van der Waals surface area (Å²) >= 11 is 0. The Balaban J connectivity index is 1.96. The maximum atomic E-state index is 12.2. The zero-order chi connectivity index (χ0) is 15.8. The van der Waals surface area contributed by atoms with Gasteiger partial charge in [-0.1, -0.05) is 48.5 Å². The van der Waals surface area contributed by atoms with E-state index in [2.05, 4.69) is 16.4 Å². The molecule has 23 heavy (non-hydrogen) atoms. The third-order valence-electron chi connectivity index (χ3n) is 4.57. The molecule has 1 aromatic heterocycles. The zero-order valence-electron chi connectivity index (χ0n) is 12.6. The van der Waals surface area contributed by atoms with Crippen LogP contribution in [-0.2, 0) is 11.2 Å². The number of H-pyrrole nitrogens is 1. The van der Waals surface area contributed by atoms with Crippen LogP contribution in [0.3, 0.4) is 0 Å². The molecule has 2 atom stereocenters. The molecule has 2 heterocycles. The van der Waals surface area contributed by atoms with Gasteiger partial charge in [-0.05, 0) is 23.6 Å². The lowest BCUT2D eigenvalue weighted by atomic mass is 9.86. The third-order valence-corrected chi connectivity index (χ3v) is 4.57. The van der Waals surface area contributed by atoms with Crippen molar-refractivity contribution in [1.29, 1.82) is 0 Å². The zero-order valence-corrected chi connectivity index (χ0v) is 12.6. The van der Waals surface area contributed by atoms with Gasteiger partial charge in [-0.2, -0.15) is 0 Å². The molecule has 1 aliphatic heterocycles. The van der Waals surface area contributed by atoms with Gasteiger partial charge in [0.1, 0.15) is 6.10 Å². The number of hydrogen-bond donors (Lipinski definition) is 3. The fraction of sp³-hybridized carbons (Fsp3) is 0.211. The SMILES string of the molecule is O=C1NCCc2c([nH]c3ccccc23)[C@H](c2ccccc2)[C@H]1O. The van der Waals surface area contributed by atoms with Gasteiger partial charge in [0, 0.05) is 23.1 Å². The van der Waals surface area contributed by atoms with E-state index in [-0.39, 0.29) is 11.8 Å². The summed E-state index contributed by atoms with van der Waals surface area (Å²) in [4.78, 5) is 15.6. The number of aliphatic hydroxyl groups is 1. The average Bonchev–Trinajstić information content (AvgIpc) is 2.93. The molecule has 2 aromatic carbocycles. The topological polar surface area (TPSA) is 65.1 Å². The Morgan fingerprint density at radius 1 is 1.00 bits per heavy atom. The van der Waals surface area contributed by atoms with Gasteiger partial charge in [0.2, 0.25) is 5.91 Å². The number of amides is 1. The van der Waals surface area contributed by atoms with Gasteiger partial charge in [0.15, 0.2) is 0 Å². The van der Waals surface area contributed by atoms with Gasteiger partial charge in [0.25, 0.3) is 0 Å². The number of aromatic amines is 1. The number of aliphatic hydroxyl groups excluding tert-OH is 1. The number of hydrogen-bond acceptors (Lipinski definition) is 2. The van der Waals surface area contributed by atoms with Crippen LogP contribution in [0.1, 0.15) is 22.7 Å². The van der Waals surface area contributed by atoms with Crippen molar-refractivity contribution in [1.82, 2.24) is 10.3 Å². The quantitative estimate of drug-likeness (QED) is 0.646. The van der Waals surface area contributed by atoms with Gasteiger partial charge in [-0.3, -0.25) is 4.79 Å². The van der Waals surface area contributed by atoms with E-state index in [9.17, 15) is 9.90 Å². The van der Waals surface area contributed by atoms with E-state index < -0.39 is 6.10 Å². The summed E-state index contributed by atoms with van der Waals surface area (Å²) in [5, 5.41) is 14.6. The summed E-state index contributed by atoms with van der Waals surface area (Å²) in [5.41, 5.74) is 4.10. The molecule has 4 rings (SSSR count). The molecule has 0 radical (unpaired) electrons. The summed E-state index contributed by atoms with van der Waals surface area (Å²) in [6.45, 7) is 0.534. The number of carbonyl (C=O) groups excluding carboxylic acids is 1. The molecular weight excluding hydrogens is 288 g/mol. The van der Waals surface area contributed by atoms with Gasteiger partial charge < -0.3 is 15.4 Å². The molecule has 0 bridgehead atoms. The van der Waals surface area contributed by atoms with Crippen LogP contribution in [0.2, 0.25) is 0 Å². The monoisotopic (exact) mass is 306 g/mol. The standard InChI is InChI=1S/C19H18N2O2/c22-18-16(12-6-2-1-3-7-12)17-14(10-11-20-19(18)23)13-8-4-5-9-15(13)21-17/h1-9,16,18,21-22H,10-11H2,(H,20,23)/t16-,18+/m0/s1. The van der Waals surface area contributed by atoms with Crippen LogP contribution in [0.4, 0.5) is 0 Å². The molecule has 3 aromatic rings. The number of carbonyl (C=O) groups is 1. The lowest BCUT2D eigenvalue weighted by molar-refractivity contribution is -0.130. The predicted molar refractivity (Wildman–Crippen MR) is 89.3 cm³/mol. The lowest BCUT2D eigenvalue weighted by Crippen LogP contribution is -2.41. The molecule has 116 valence electrons. The molecule has 0 saturated carbocycles. The Labute approximate surface area is 134 Å². The minimum Gasteiger partial charge on any atom is -0.382 e.